The van der Waals surface area contributed by atoms with E-state index in [9.17, 15) is 9.59 Å². The van der Waals surface area contributed by atoms with Crippen molar-refractivity contribution in [2.45, 2.75) is 38.3 Å². The average Bonchev–Trinajstić information content (AvgIpc) is 2.29. The molecule has 1 heterocycles. The van der Waals surface area contributed by atoms with Gasteiger partial charge in [-0.3, -0.25) is 4.79 Å². The van der Waals surface area contributed by atoms with Crippen molar-refractivity contribution in [3.63, 3.8) is 0 Å². The Hall–Kier alpha value is -1.10. The first-order valence-corrected chi connectivity index (χ1v) is 5.26. The molecule has 0 spiro atoms. The van der Waals surface area contributed by atoms with Crippen LogP contribution in [0.1, 0.15) is 26.2 Å². The zero-order valence-electron chi connectivity index (χ0n) is 9.21. The number of amides is 1. The van der Waals surface area contributed by atoms with Gasteiger partial charge >= 0.3 is 5.97 Å². The van der Waals surface area contributed by atoms with Crippen LogP contribution in [0.3, 0.4) is 0 Å². The first-order chi connectivity index (χ1) is 7.15. The van der Waals surface area contributed by atoms with E-state index in [2.05, 4.69) is 15.4 Å². The summed E-state index contributed by atoms with van der Waals surface area (Å²) in [5, 5.41) is 5.74. The third kappa shape index (κ3) is 3.51. The number of carbonyl (C=O) groups is 2. The second-order valence-electron chi connectivity index (χ2n) is 3.76. The molecule has 0 bridgehead atoms. The van der Waals surface area contributed by atoms with Gasteiger partial charge in [0, 0.05) is 0 Å². The lowest BCUT2D eigenvalue weighted by atomic mass is 10.0. The Morgan fingerprint density at radius 3 is 2.73 bits per heavy atom. The number of carbonyl (C=O) groups excluding carboxylic acids is 2. The van der Waals surface area contributed by atoms with Gasteiger partial charge < -0.3 is 15.4 Å². The first kappa shape index (κ1) is 12.0. The second kappa shape index (κ2) is 5.70. The summed E-state index contributed by atoms with van der Waals surface area (Å²) in [7, 11) is 1.31. The van der Waals surface area contributed by atoms with E-state index in [-0.39, 0.29) is 11.9 Å². The fraction of sp³-hybridized carbons (Fsp3) is 0.800. The number of ether oxygens (including phenoxy) is 1. The summed E-state index contributed by atoms with van der Waals surface area (Å²) in [6.07, 6.45) is 2.99. The minimum atomic E-state index is -0.578. The molecule has 0 aromatic heterocycles. The summed E-state index contributed by atoms with van der Waals surface area (Å²) >= 11 is 0. The fourth-order valence-electron chi connectivity index (χ4n) is 1.63. The van der Waals surface area contributed by atoms with Crippen molar-refractivity contribution in [2.24, 2.45) is 0 Å². The fourth-order valence-corrected chi connectivity index (χ4v) is 1.63. The van der Waals surface area contributed by atoms with Crippen LogP contribution in [0.2, 0.25) is 0 Å². The third-order valence-electron chi connectivity index (χ3n) is 2.54. The molecule has 15 heavy (non-hydrogen) atoms. The molecule has 2 atom stereocenters. The minimum Gasteiger partial charge on any atom is -0.467 e. The molecular formula is C10H18N2O3. The molecule has 0 aliphatic carbocycles. The zero-order valence-corrected chi connectivity index (χ0v) is 9.21. The smallest absolute Gasteiger partial charge is 0.328 e. The van der Waals surface area contributed by atoms with Gasteiger partial charge in [0.05, 0.1) is 13.2 Å². The molecule has 1 aliphatic heterocycles. The Morgan fingerprint density at radius 1 is 1.47 bits per heavy atom. The SMILES string of the molecule is COC(=O)[C@@H](C)NC(=O)[C@H]1CCCCN1. The van der Waals surface area contributed by atoms with Gasteiger partial charge in [0.2, 0.25) is 5.91 Å². The van der Waals surface area contributed by atoms with Crippen molar-refractivity contribution in [1.82, 2.24) is 10.6 Å². The summed E-state index contributed by atoms with van der Waals surface area (Å²) in [4.78, 5) is 22.7. The molecule has 2 N–H and O–H groups in total. The molecule has 5 nitrogen and oxygen atoms in total. The Balaban J connectivity index is 2.36. The van der Waals surface area contributed by atoms with Crippen LogP contribution in [-0.4, -0.2) is 37.6 Å². The van der Waals surface area contributed by atoms with Crippen molar-refractivity contribution in [3.8, 4) is 0 Å². The lowest BCUT2D eigenvalue weighted by Gasteiger charge is -2.23. The maximum absolute atomic E-state index is 11.6. The van der Waals surface area contributed by atoms with E-state index in [0.717, 1.165) is 25.8 Å². The third-order valence-corrected chi connectivity index (χ3v) is 2.54. The molecule has 1 saturated heterocycles. The van der Waals surface area contributed by atoms with Gasteiger partial charge in [-0.05, 0) is 26.3 Å². The highest BCUT2D eigenvalue weighted by molar-refractivity contribution is 5.87. The van der Waals surface area contributed by atoms with Crippen LogP contribution in [0, 0.1) is 0 Å². The first-order valence-electron chi connectivity index (χ1n) is 5.26. The number of nitrogens with one attached hydrogen (secondary N) is 2. The monoisotopic (exact) mass is 214 g/mol. The Labute approximate surface area is 89.6 Å². The largest absolute Gasteiger partial charge is 0.467 e. The molecular weight excluding hydrogens is 196 g/mol. The van der Waals surface area contributed by atoms with Crippen LogP contribution in [0.4, 0.5) is 0 Å². The van der Waals surface area contributed by atoms with Gasteiger partial charge in [-0.25, -0.2) is 4.79 Å². The number of rotatable bonds is 3. The van der Waals surface area contributed by atoms with Crippen molar-refractivity contribution >= 4 is 11.9 Å². The molecule has 1 amide bonds. The van der Waals surface area contributed by atoms with Crippen molar-refractivity contribution in [3.05, 3.63) is 0 Å². The van der Waals surface area contributed by atoms with Crippen LogP contribution in [-0.2, 0) is 14.3 Å². The predicted octanol–water partition coefficient (Wildman–Crippen LogP) is -0.194. The van der Waals surface area contributed by atoms with E-state index in [1.54, 1.807) is 6.92 Å². The molecule has 1 fully saturated rings. The van der Waals surface area contributed by atoms with E-state index in [1.807, 2.05) is 0 Å². The zero-order chi connectivity index (χ0) is 11.3. The maximum Gasteiger partial charge on any atom is 0.328 e. The number of esters is 1. The number of piperidine rings is 1. The normalized spacial score (nSPS) is 22.9. The van der Waals surface area contributed by atoms with Crippen molar-refractivity contribution in [1.29, 1.82) is 0 Å². The Kier molecular flexibility index (Phi) is 4.55. The molecule has 0 saturated carbocycles. The summed E-state index contributed by atoms with van der Waals surface area (Å²) in [5.74, 6) is -0.535. The van der Waals surface area contributed by atoms with Gasteiger partial charge in [-0.1, -0.05) is 6.42 Å². The number of methoxy groups -OCH3 is 1. The molecule has 0 unspecified atom stereocenters. The Morgan fingerprint density at radius 2 is 2.20 bits per heavy atom. The summed E-state index contributed by atoms with van der Waals surface area (Å²) in [6, 6.07) is -0.739. The molecule has 86 valence electrons. The topological polar surface area (TPSA) is 67.4 Å². The van der Waals surface area contributed by atoms with Crippen LogP contribution in [0.15, 0.2) is 0 Å². The molecule has 1 aliphatic rings. The minimum absolute atomic E-state index is 0.118. The van der Waals surface area contributed by atoms with E-state index in [4.69, 9.17) is 0 Å². The highest BCUT2D eigenvalue weighted by atomic mass is 16.5. The van der Waals surface area contributed by atoms with E-state index >= 15 is 0 Å². The van der Waals surface area contributed by atoms with Gasteiger partial charge in [-0.15, -0.1) is 0 Å². The lowest BCUT2D eigenvalue weighted by molar-refractivity contribution is -0.144. The van der Waals surface area contributed by atoms with Crippen molar-refractivity contribution in [2.75, 3.05) is 13.7 Å². The Bertz CT molecular complexity index is 237. The summed E-state index contributed by atoms with van der Waals surface area (Å²) in [5.41, 5.74) is 0. The number of hydrogen-bond donors (Lipinski definition) is 2. The molecule has 1 rings (SSSR count). The maximum atomic E-state index is 11.6. The van der Waals surface area contributed by atoms with E-state index in [1.165, 1.54) is 7.11 Å². The van der Waals surface area contributed by atoms with Gasteiger partial charge in [0.15, 0.2) is 0 Å². The summed E-state index contributed by atoms with van der Waals surface area (Å²) < 4.78 is 4.53. The van der Waals surface area contributed by atoms with Gasteiger partial charge in [-0.2, -0.15) is 0 Å². The summed E-state index contributed by atoms with van der Waals surface area (Å²) in [6.45, 7) is 2.48. The molecule has 0 aromatic carbocycles. The van der Waals surface area contributed by atoms with Crippen LogP contribution >= 0.6 is 0 Å². The average molecular weight is 214 g/mol. The van der Waals surface area contributed by atoms with E-state index in [0.29, 0.717) is 0 Å². The van der Waals surface area contributed by atoms with Crippen molar-refractivity contribution < 1.29 is 14.3 Å². The molecule has 0 aromatic rings. The van der Waals surface area contributed by atoms with Gasteiger partial charge in [0.1, 0.15) is 6.04 Å². The highest BCUT2D eigenvalue weighted by Gasteiger charge is 2.23. The van der Waals surface area contributed by atoms with Crippen LogP contribution < -0.4 is 10.6 Å². The predicted molar refractivity (Wildman–Crippen MR) is 55.3 cm³/mol. The lowest BCUT2D eigenvalue weighted by Crippen LogP contribution is -2.50. The molecule has 5 heteroatoms. The van der Waals surface area contributed by atoms with Crippen LogP contribution in [0.25, 0.3) is 0 Å². The van der Waals surface area contributed by atoms with Gasteiger partial charge in [0.25, 0.3) is 0 Å². The quantitative estimate of drug-likeness (QED) is 0.639. The molecule has 0 radical (unpaired) electrons. The second-order valence-corrected chi connectivity index (χ2v) is 3.76. The standard InChI is InChI=1S/C10H18N2O3/c1-7(10(14)15-2)12-9(13)8-5-3-4-6-11-8/h7-8,11H,3-6H2,1-2H3,(H,12,13)/t7-,8-/m1/s1. The van der Waals surface area contributed by atoms with Crippen LogP contribution in [0.5, 0.6) is 0 Å². The van der Waals surface area contributed by atoms with E-state index < -0.39 is 12.0 Å². The number of hydrogen-bond acceptors (Lipinski definition) is 4. The highest BCUT2D eigenvalue weighted by Crippen LogP contribution is 2.07.